The fourth-order valence-corrected chi connectivity index (χ4v) is 2.28. The largest absolute Gasteiger partial charge is 0.481 e. The fourth-order valence-electron chi connectivity index (χ4n) is 1.62. The normalized spacial score (nSPS) is 12.4. The van der Waals surface area contributed by atoms with E-state index in [9.17, 15) is 4.79 Å². The highest BCUT2D eigenvalue weighted by molar-refractivity contribution is 7.99. The second kappa shape index (κ2) is 7.35. The molecule has 94 valence electrons. The van der Waals surface area contributed by atoms with Gasteiger partial charge in [0, 0.05) is 17.4 Å². The first kappa shape index (κ1) is 14.1. The van der Waals surface area contributed by atoms with Gasteiger partial charge in [-0.2, -0.15) is 0 Å². The van der Waals surface area contributed by atoms with Crippen molar-refractivity contribution in [1.29, 1.82) is 0 Å². The van der Waals surface area contributed by atoms with Crippen molar-refractivity contribution in [3.8, 4) is 0 Å². The molecule has 1 atom stereocenters. The smallest absolute Gasteiger partial charge is 0.303 e. The Morgan fingerprint density at radius 1 is 1.41 bits per heavy atom. The molecule has 1 rings (SSSR count). The van der Waals surface area contributed by atoms with Crippen LogP contribution in [0.4, 0.5) is 0 Å². The van der Waals surface area contributed by atoms with Gasteiger partial charge in [-0.25, -0.2) is 0 Å². The molecule has 0 aliphatic carbocycles. The molecule has 0 aliphatic rings. The average molecular weight is 253 g/mol. The lowest BCUT2D eigenvalue weighted by molar-refractivity contribution is -0.137. The van der Waals surface area contributed by atoms with Crippen LogP contribution in [0, 0.1) is 0 Å². The van der Waals surface area contributed by atoms with Gasteiger partial charge in [-0.1, -0.05) is 19.1 Å². The van der Waals surface area contributed by atoms with E-state index in [-0.39, 0.29) is 12.5 Å². The standard InChI is InChI=1S/C13H19NO2S/c1-2-17-11-8-6-10(7-9-11)12(14)4-3-5-13(15)16/h6-9,12H,2-5,14H2,1H3,(H,15,16). The van der Waals surface area contributed by atoms with Crippen molar-refractivity contribution < 1.29 is 9.90 Å². The average Bonchev–Trinajstić information content (AvgIpc) is 2.30. The Morgan fingerprint density at radius 2 is 2.06 bits per heavy atom. The zero-order valence-corrected chi connectivity index (χ0v) is 10.9. The van der Waals surface area contributed by atoms with Crippen molar-refractivity contribution in [3.05, 3.63) is 29.8 Å². The van der Waals surface area contributed by atoms with Gasteiger partial charge in [-0.05, 0) is 36.3 Å². The van der Waals surface area contributed by atoms with Crippen LogP contribution >= 0.6 is 11.8 Å². The molecule has 0 heterocycles. The van der Waals surface area contributed by atoms with Gasteiger partial charge < -0.3 is 10.8 Å². The highest BCUT2D eigenvalue weighted by Gasteiger charge is 2.07. The third-order valence-electron chi connectivity index (χ3n) is 2.53. The quantitative estimate of drug-likeness (QED) is 0.733. The lowest BCUT2D eigenvalue weighted by Crippen LogP contribution is -2.10. The lowest BCUT2D eigenvalue weighted by atomic mass is 10.0. The van der Waals surface area contributed by atoms with Crippen LogP contribution in [0.25, 0.3) is 0 Å². The number of rotatable bonds is 7. The van der Waals surface area contributed by atoms with Gasteiger partial charge >= 0.3 is 5.97 Å². The van der Waals surface area contributed by atoms with E-state index in [0.29, 0.717) is 12.8 Å². The molecule has 0 saturated heterocycles. The number of carboxylic acid groups (broad SMARTS) is 1. The monoisotopic (exact) mass is 253 g/mol. The highest BCUT2D eigenvalue weighted by Crippen LogP contribution is 2.22. The minimum absolute atomic E-state index is 0.0602. The molecule has 0 aliphatic heterocycles. The van der Waals surface area contributed by atoms with E-state index in [0.717, 1.165) is 11.3 Å². The molecule has 0 amide bonds. The molecule has 0 fully saturated rings. The lowest BCUT2D eigenvalue weighted by Gasteiger charge is -2.11. The molecule has 0 bridgehead atoms. The maximum absolute atomic E-state index is 10.4. The topological polar surface area (TPSA) is 63.3 Å². The number of carboxylic acids is 1. The maximum atomic E-state index is 10.4. The first-order valence-corrected chi connectivity index (χ1v) is 6.82. The van der Waals surface area contributed by atoms with Crippen molar-refractivity contribution in [3.63, 3.8) is 0 Å². The summed E-state index contributed by atoms with van der Waals surface area (Å²) < 4.78 is 0. The zero-order valence-electron chi connectivity index (χ0n) is 10.1. The molecule has 1 aromatic rings. The molecule has 4 heteroatoms. The Morgan fingerprint density at radius 3 is 2.59 bits per heavy atom. The number of thioether (sulfide) groups is 1. The van der Waals surface area contributed by atoms with Crippen LogP contribution in [0.15, 0.2) is 29.2 Å². The Balaban J connectivity index is 2.45. The van der Waals surface area contributed by atoms with E-state index in [1.54, 1.807) is 11.8 Å². The first-order chi connectivity index (χ1) is 8.13. The number of hydrogen-bond donors (Lipinski definition) is 2. The van der Waals surface area contributed by atoms with E-state index in [4.69, 9.17) is 10.8 Å². The summed E-state index contributed by atoms with van der Waals surface area (Å²) in [5.41, 5.74) is 7.08. The molecular weight excluding hydrogens is 234 g/mol. The summed E-state index contributed by atoms with van der Waals surface area (Å²) in [5, 5.41) is 8.55. The Bertz CT molecular complexity index is 351. The molecule has 0 spiro atoms. The fraction of sp³-hybridized carbons (Fsp3) is 0.462. The molecule has 0 aromatic heterocycles. The van der Waals surface area contributed by atoms with Crippen molar-refractivity contribution in [1.82, 2.24) is 0 Å². The predicted octanol–water partition coefficient (Wildman–Crippen LogP) is 3.05. The SMILES string of the molecule is CCSc1ccc(C(N)CCCC(=O)O)cc1. The van der Waals surface area contributed by atoms with Gasteiger partial charge in [0.2, 0.25) is 0 Å². The second-order valence-corrected chi connectivity index (χ2v) is 5.23. The molecule has 0 radical (unpaired) electrons. The van der Waals surface area contributed by atoms with Crippen molar-refractivity contribution in [2.75, 3.05) is 5.75 Å². The van der Waals surface area contributed by atoms with E-state index in [2.05, 4.69) is 19.1 Å². The molecule has 3 nitrogen and oxygen atoms in total. The molecule has 3 N–H and O–H groups in total. The van der Waals surface area contributed by atoms with E-state index >= 15 is 0 Å². The first-order valence-electron chi connectivity index (χ1n) is 5.83. The summed E-state index contributed by atoms with van der Waals surface area (Å²) in [4.78, 5) is 11.6. The van der Waals surface area contributed by atoms with Crippen LogP contribution in [0.2, 0.25) is 0 Å². The molecule has 17 heavy (non-hydrogen) atoms. The van der Waals surface area contributed by atoms with Crippen molar-refractivity contribution in [2.24, 2.45) is 5.73 Å². The van der Waals surface area contributed by atoms with Crippen LogP contribution in [0.3, 0.4) is 0 Å². The Labute approximate surface area is 106 Å². The minimum Gasteiger partial charge on any atom is -0.481 e. The predicted molar refractivity (Wildman–Crippen MR) is 71.3 cm³/mol. The summed E-state index contributed by atoms with van der Waals surface area (Å²) in [6, 6.07) is 8.14. The third-order valence-corrected chi connectivity index (χ3v) is 3.42. The van der Waals surface area contributed by atoms with E-state index < -0.39 is 5.97 Å². The van der Waals surface area contributed by atoms with Gasteiger partial charge in [-0.3, -0.25) is 4.79 Å². The van der Waals surface area contributed by atoms with E-state index in [1.807, 2.05) is 12.1 Å². The highest BCUT2D eigenvalue weighted by atomic mass is 32.2. The van der Waals surface area contributed by atoms with Crippen LogP contribution in [-0.2, 0) is 4.79 Å². The molecular formula is C13H19NO2S. The van der Waals surface area contributed by atoms with Gasteiger partial charge in [-0.15, -0.1) is 11.8 Å². The minimum atomic E-state index is -0.758. The summed E-state index contributed by atoms with van der Waals surface area (Å²) in [7, 11) is 0. The molecule has 0 saturated carbocycles. The molecule has 1 aromatic carbocycles. The van der Waals surface area contributed by atoms with Crippen LogP contribution in [0.5, 0.6) is 0 Å². The number of aliphatic carboxylic acids is 1. The summed E-state index contributed by atoms with van der Waals surface area (Å²) in [6.07, 6.45) is 1.53. The maximum Gasteiger partial charge on any atom is 0.303 e. The molecule has 1 unspecified atom stereocenters. The van der Waals surface area contributed by atoms with Crippen LogP contribution in [-0.4, -0.2) is 16.8 Å². The summed E-state index contributed by atoms with van der Waals surface area (Å²) in [6.45, 7) is 2.12. The van der Waals surface area contributed by atoms with Crippen LogP contribution in [0.1, 0.15) is 37.8 Å². The van der Waals surface area contributed by atoms with Gasteiger partial charge in [0.1, 0.15) is 0 Å². The number of hydrogen-bond acceptors (Lipinski definition) is 3. The zero-order chi connectivity index (χ0) is 12.7. The number of carbonyl (C=O) groups is 1. The second-order valence-electron chi connectivity index (χ2n) is 3.89. The van der Waals surface area contributed by atoms with Gasteiger partial charge in [0.25, 0.3) is 0 Å². The van der Waals surface area contributed by atoms with Crippen molar-refractivity contribution >= 4 is 17.7 Å². The third kappa shape index (κ3) is 5.24. The number of benzene rings is 1. The van der Waals surface area contributed by atoms with Gasteiger partial charge in [0.05, 0.1) is 0 Å². The number of nitrogens with two attached hydrogens (primary N) is 1. The van der Waals surface area contributed by atoms with E-state index in [1.165, 1.54) is 4.90 Å². The van der Waals surface area contributed by atoms with Crippen LogP contribution < -0.4 is 5.73 Å². The Hall–Kier alpha value is -1.00. The Kier molecular flexibility index (Phi) is 6.08. The van der Waals surface area contributed by atoms with Gasteiger partial charge in [0.15, 0.2) is 0 Å². The van der Waals surface area contributed by atoms with Crippen molar-refractivity contribution in [2.45, 2.75) is 37.1 Å². The summed E-state index contributed by atoms with van der Waals surface area (Å²) in [5.74, 6) is 0.302. The summed E-state index contributed by atoms with van der Waals surface area (Å²) >= 11 is 1.80.